The highest BCUT2D eigenvalue weighted by Crippen LogP contribution is 1.97. The minimum atomic E-state index is -1.18. The molecule has 0 amide bonds. The lowest BCUT2D eigenvalue weighted by Crippen LogP contribution is -2.30. The van der Waals surface area contributed by atoms with Crippen LogP contribution < -0.4 is 5.73 Å². The summed E-state index contributed by atoms with van der Waals surface area (Å²) in [7, 11) is 0. The summed E-state index contributed by atoms with van der Waals surface area (Å²) >= 11 is 0. The number of ether oxygens (including phenoxy) is 2. The highest BCUT2D eigenvalue weighted by Gasteiger charge is 2.13. The van der Waals surface area contributed by atoms with Crippen LogP contribution in [0.2, 0.25) is 0 Å². The summed E-state index contributed by atoms with van der Waals surface area (Å²) in [6, 6.07) is -1.09. The molecule has 0 aliphatic rings. The largest absolute Gasteiger partial charge is 0.480 e. The Balaban J connectivity index is 0. The van der Waals surface area contributed by atoms with Crippen molar-refractivity contribution >= 4 is 24.3 Å². The molecule has 0 spiro atoms. The first kappa shape index (κ1) is 20.7. The Morgan fingerprint density at radius 2 is 1.85 bits per heavy atom. The molecule has 10 nitrogen and oxygen atoms in total. The quantitative estimate of drug-likeness (QED) is 0.219. The number of halogens is 1. The van der Waals surface area contributed by atoms with Gasteiger partial charge in [-0.3, -0.25) is 9.59 Å². The van der Waals surface area contributed by atoms with E-state index in [0.717, 1.165) is 0 Å². The van der Waals surface area contributed by atoms with Gasteiger partial charge < -0.3 is 25.2 Å². The third kappa shape index (κ3) is 12.8. The monoisotopic (exact) mass is 316 g/mol. The number of nitrogens with zero attached hydrogens (tertiary/aromatic N) is 1. The van der Waals surface area contributed by atoms with E-state index in [0.29, 0.717) is 0 Å². The molecular formula is C9H17ClN2O8. The van der Waals surface area contributed by atoms with Crippen LogP contribution in [0.15, 0.2) is 0 Å². The number of carboxylic acids is 1. The van der Waals surface area contributed by atoms with Crippen molar-refractivity contribution in [2.45, 2.75) is 18.9 Å². The van der Waals surface area contributed by atoms with Gasteiger partial charge in [0.25, 0.3) is 5.09 Å². The summed E-state index contributed by atoms with van der Waals surface area (Å²) in [5.74, 6) is -1.76. The molecule has 0 radical (unpaired) electrons. The van der Waals surface area contributed by atoms with E-state index in [2.05, 4.69) is 4.84 Å². The zero-order valence-corrected chi connectivity index (χ0v) is 11.4. The van der Waals surface area contributed by atoms with Crippen molar-refractivity contribution in [2.75, 3.05) is 26.4 Å². The van der Waals surface area contributed by atoms with E-state index in [1.54, 1.807) is 0 Å². The van der Waals surface area contributed by atoms with E-state index in [-0.39, 0.29) is 51.7 Å². The molecule has 0 aromatic heterocycles. The van der Waals surface area contributed by atoms with Crippen LogP contribution in [0.1, 0.15) is 12.8 Å². The zero-order valence-electron chi connectivity index (χ0n) is 10.6. The van der Waals surface area contributed by atoms with Crippen LogP contribution in [-0.2, 0) is 23.9 Å². The highest BCUT2D eigenvalue weighted by atomic mass is 35.5. The average Bonchev–Trinajstić information content (AvgIpc) is 2.34. The maximum absolute atomic E-state index is 11.1. The van der Waals surface area contributed by atoms with Crippen molar-refractivity contribution in [3.63, 3.8) is 0 Å². The molecular weight excluding hydrogens is 300 g/mol. The van der Waals surface area contributed by atoms with Crippen LogP contribution in [0, 0.1) is 10.1 Å². The van der Waals surface area contributed by atoms with Gasteiger partial charge in [0.1, 0.15) is 19.3 Å². The van der Waals surface area contributed by atoms with Crippen LogP contribution in [0.3, 0.4) is 0 Å². The molecule has 0 saturated carbocycles. The predicted octanol–water partition coefficient (Wildman–Crippen LogP) is -0.632. The van der Waals surface area contributed by atoms with Gasteiger partial charge in [0.15, 0.2) is 0 Å². The van der Waals surface area contributed by atoms with E-state index < -0.39 is 23.1 Å². The Bertz CT molecular complexity index is 314. The molecule has 0 aromatic rings. The number of carbonyl (C=O) groups excluding carboxylic acids is 1. The number of esters is 1. The van der Waals surface area contributed by atoms with Crippen molar-refractivity contribution in [3.8, 4) is 0 Å². The van der Waals surface area contributed by atoms with Crippen molar-refractivity contribution in [2.24, 2.45) is 5.73 Å². The van der Waals surface area contributed by atoms with Crippen molar-refractivity contribution < 1.29 is 34.1 Å². The van der Waals surface area contributed by atoms with Gasteiger partial charge in [0, 0.05) is 6.42 Å². The average molecular weight is 317 g/mol. The Morgan fingerprint density at radius 1 is 1.25 bits per heavy atom. The van der Waals surface area contributed by atoms with Gasteiger partial charge in [-0.05, 0) is 6.42 Å². The van der Waals surface area contributed by atoms with Crippen LogP contribution >= 0.6 is 12.4 Å². The van der Waals surface area contributed by atoms with Crippen LogP contribution in [-0.4, -0.2) is 54.6 Å². The Labute approximate surface area is 120 Å². The van der Waals surface area contributed by atoms with Gasteiger partial charge in [-0.15, -0.1) is 22.5 Å². The second kappa shape index (κ2) is 12.4. The number of carboxylic acid groups (broad SMARTS) is 1. The SMILES string of the molecule is Cl.N[C@@H](CCC(=O)OCCOCCO[N+](=O)[O-])C(=O)O. The Kier molecular flexibility index (Phi) is 12.8. The normalized spacial score (nSPS) is 11.1. The summed E-state index contributed by atoms with van der Waals surface area (Å²) in [5, 5.41) is 17.3. The van der Waals surface area contributed by atoms with Gasteiger partial charge in [0.05, 0.1) is 13.2 Å². The van der Waals surface area contributed by atoms with Gasteiger partial charge in [-0.1, -0.05) is 0 Å². The number of nitrogens with two attached hydrogens (primary N) is 1. The van der Waals surface area contributed by atoms with E-state index in [1.165, 1.54) is 0 Å². The van der Waals surface area contributed by atoms with E-state index in [4.69, 9.17) is 20.3 Å². The molecule has 0 rings (SSSR count). The highest BCUT2D eigenvalue weighted by molar-refractivity contribution is 5.85. The summed E-state index contributed by atoms with van der Waals surface area (Å²) in [4.78, 5) is 35.2. The molecule has 0 aromatic carbocycles. The summed E-state index contributed by atoms with van der Waals surface area (Å²) in [6.07, 6.45) is -0.108. The van der Waals surface area contributed by atoms with Crippen molar-refractivity contribution in [1.82, 2.24) is 0 Å². The first-order chi connectivity index (χ1) is 8.93. The summed E-state index contributed by atoms with van der Waals surface area (Å²) < 4.78 is 9.59. The van der Waals surface area contributed by atoms with Crippen LogP contribution in [0.4, 0.5) is 0 Å². The fraction of sp³-hybridized carbons (Fsp3) is 0.778. The zero-order chi connectivity index (χ0) is 14.7. The van der Waals surface area contributed by atoms with E-state index in [9.17, 15) is 19.7 Å². The van der Waals surface area contributed by atoms with E-state index >= 15 is 0 Å². The molecule has 0 bridgehead atoms. The number of carbonyl (C=O) groups is 2. The third-order valence-corrected chi connectivity index (χ3v) is 1.89. The fourth-order valence-corrected chi connectivity index (χ4v) is 0.956. The maximum Gasteiger partial charge on any atom is 0.320 e. The number of rotatable bonds is 11. The first-order valence-corrected chi connectivity index (χ1v) is 5.42. The number of hydrogen-bond donors (Lipinski definition) is 2. The minimum absolute atomic E-state index is 0. The second-order valence-corrected chi connectivity index (χ2v) is 3.37. The molecule has 3 N–H and O–H groups in total. The number of aliphatic carboxylic acids is 1. The molecule has 1 atom stereocenters. The maximum atomic E-state index is 11.1. The lowest BCUT2D eigenvalue weighted by Gasteiger charge is -2.07. The molecule has 20 heavy (non-hydrogen) atoms. The first-order valence-electron chi connectivity index (χ1n) is 5.42. The Morgan fingerprint density at radius 3 is 2.40 bits per heavy atom. The van der Waals surface area contributed by atoms with Gasteiger partial charge in [-0.25, -0.2) is 0 Å². The van der Waals surface area contributed by atoms with Crippen LogP contribution in [0.5, 0.6) is 0 Å². The molecule has 0 saturated heterocycles. The van der Waals surface area contributed by atoms with E-state index in [1.807, 2.05) is 0 Å². The molecule has 0 aliphatic heterocycles. The molecule has 0 unspecified atom stereocenters. The second-order valence-electron chi connectivity index (χ2n) is 3.37. The molecule has 0 heterocycles. The fourth-order valence-electron chi connectivity index (χ4n) is 0.956. The molecule has 0 fully saturated rings. The molecule has 0 aliphatic carbocycles. The summed E-state index contributed by atoms with van der Waals surface area (Å²) in [5.41, 5.74) is 5.20. The number of hydrogen-bond acceptors (Lipinski definition) is 8. The third-order valence-electron chi connectivity index (χ3n) is 1.89. The molecule has 11 heteroatoms. The topological polar surface area (TPSA) is 151 Å². The lowest BCUT2D eigenvalue weighted by molar-refractivity contribution is -0.758. The minimum Gasteiger partial charge on any atom is -0.480 e. The van der Waals surface area contributed by atoms with Gasteiger partial charge in [0.2, 0.25) is 0 Å². The predicted molar refractivity (Wildman–Crippen MR) is 66.8 cm³/mol. The van der Waals surface area contributed by atoms with Crippen LogP contribution in [0.25, 0.3) is 0 Å². The van der Waals surface area contributed by atoms with Gasteiger partial charge >= 0.3 is 11.9 Å². The Hall–Kier alpha value is -1.65. The summed E-state index contributed by atoms with van der Waals surface area (Å²) in [6.45, 7) is -0.158. The molecule has 118 valence electrons. The standard InChI is InChI=1S/C9H16N2O8.ClH/c10-7(9(13)14)1-2-8(12)18-5-3-17-4-6-19-11(15)16;/h7H,1-6,10H2,(H,13,14);1H/t7-;/m0./s1. The van der Waals surface area contributed by atoms with Crippen molar-refractivity contribution in [1.29, 1.82) is 0 Å². The lowest BCUT2D eigenvalue weighted by atomic mass is 10.2. The van der Waals surface area contributed by atoms with Gasteiger partial charge in [-0.2, -0.15) is 0 Å². The smallest absolute Gasteiger partial charge is 0.320 e. The van der Waals surface area contributed by atoms with Crippen molar-refractivity contribution in [3.05, 3.63) is 10.1 Å².